The van der Waals surface area contributed by atoms with E-state index < -0.39 is 11.7 Å². The number of rotatable bonds is 6. The zero-order valence-electron chi connectivity index (χ0n) is 22.9. The number of pyridine rings is 1. The van der Waals surface area contributed by atoms with Crippen LogP contribution in [0.3, 0.4) is 0 Å². The van der Waals surface area contributed by atoms with Gasteiger partial charge in [-0.05, 0) is 112 Å². The highest BCUT2D eigenvalue weighted by Crippen LogP contribution is 2.45. The van der Waals surface area contributed by atoms with Crippen LogP contribution < -0.4 is 15.0 Å². The highest BCUT2D eigenvalue weighted by molar-refractivity contribution is 7.80. The van der Waals surface area contributed by atoms with E-state index in [4.69, 9.17) is 17.0 Å². The molecule has 2 aromatic heterocycles. The number of halogens is 3. The van der Waals surface area contributed by atoms with Crippen molar-refractivity contribution in [1.82, 2.24) is 14.9 Å². The molecule has 212 valence electrons. The summed E-state index contributed by atoms with van der Waals surface area (Å²) in [5.41, 5.74) is 3.37. The van der Waals surface area contributed by atoms with Gasteiger partial charge in [0.25, 0.3) is 0 Å². The smallest absolute Gasteiger partial charge is 0.418 e. The predicted octanol–water partition coefficient (Wildman–Crippen LogP) is 8.01. The zero-order valence-corrected chi connectivity index (χ0v) is 23.7. The van der Waals surface area contributed by atoms with Gasteiger partial charge in [-0.3, -0.25) is 4.98 Å². The van der Waals surface area contributed by atoms with E-state index in [1.807, 2.05) is 67.3 Å². The molecule has 41 heavy (non-hydrogen) atoms. The molecule has 0 radical (unpaired) electrons. The molecule has 1 saturated carbocycles. The van der Waals surface area contributed by atoms with Crippen molar-refractivity contribution in [3.63, 3.8) is 0 Å². The highest BCUT2D eigenvalue weighted by Gasteiger charge is 2.43. The largest absolute Gasteiger partial charge is 0.490 e. The van der Waals surface area contributed by atoms with Crippen LogP contribution >= 0.6 is 12.2 Å². The molecule has 2 fully saturated rings. The van der Waals surface area contributed by atoms with Gasteiger partial charge < -0.3 is 19.5 Å². The Bertz CT molecular complexity index is 1550. The molecule has 4 aromatic rings. The second kappa shape index (κ2) is 10.9. The van der Waals surface area contributed by atoms with Crippen molar-refractivity contribution in [2.24, 2.45) is 0 Å². The molecule has 2 atom stereocenters. The number of alkyl halides is 3. The molecule has 2 aliphatic rings. The molecule has 1 aliphatic carbocycles. The Labute approximate surface area is 243 Å². The van der Waals surface area contributed by atoms with Crippen molar-refractivity contribution in [2.45, 2.75) is 63.9 Å². The summed E-state index contributed by atoms with van der Waals surface area (Å²) in [6.07, 6.45) is 2.03. The summed E-state index contributed by atoms with van der Waals surface area (Å²) in [6.45, 7) is 3.70. The molecule has 0 unspecified atom stereocenters. The van der Waals surface area contributed by atoms with Gasteiger partial charge in [0.15, 0.2) is 5.11 Å². The highest BCUT2D eigenvalue weighted by atomic mass is 32.1. The molecular formula is C32H31F3N4OS. The maximum absolute atomic E-state index is 14.0. The SMILES string of the molecule is Cc1cc([C@@H]2[C@H](c3ccccn3)NC(=S)N2c2ccc(OC3CCCC3)cc2)c(C)n1-c1ccccc1C(F)(F)F. The van der Waals surface area contributed by atoms with Crippen LogP contribution in [0.4, 0.5) is 18.9 Å². The molecule has 3 heterocycles. The lowest BCUT2D eigenvalue weighted by molar-refractivity contribution is -0.137. The summed E-state index contributed by atoms with van der Waals surface area (Å²) in [7, 11) is 0. The summed E-state index contributed by atoms with van der Waals surface area (Å²) in [6, 6.07) is 20.6. The van der Waals surface area contributed by atoms with E-state index in [2.05, 4.69) is 10.3 Å². The molecule has 0 amide bonds. The van der Waals surface area contributed by atoms with Gasteiger partial charge in [-0.15, -0.1) is 0 Å². The third-order valence-corrected chi connectivity index (χ3v) is 8.37. The summed E-state index contributed by atoms with van der Waals surface area (Å²) < 4.78 is 49.9. The van der Waals surface area contributed by atoms with E-state index in [1.54, 1.807) is 16.8 Å². The van der Waals surface area contributed by atoms with Crippen LogP contribution in [0.2, 0.25) is 0 Å². The molecular weight excluding hydrogens is 545 g/mol. The molecule has 6 rings (SSSR count). The van der Waals surface area contributed by atoms with Gasteiger partial charge in [0.1, 0.15) is 5.75 Å². The number of para-hydroxylation sites is 1. The number of aryl methyl sites for hydroxylation is 1. The third-order valence-electron chi connectivity index (χ3n) is 8.06. The van der Waals surface area contributed by atoms with Gasteiger partial charge in [0.05, 0.1) is 35.1 Å². The van der Waals surface area contributed by atoms with Crippen LogP contribution in [0.15, 0.2) is 79.0 Å². The zero-order chi connectivity index (χ0) is 28.7. The van der Waals surface area contributed by atoms with Crippen molar-refractivity contribution in [3.8, 4) is 11.4 Å². The van der Waals surface area contributed by atoms with E-state index in [-0.39, 0.29) is 23.9 Å². The first-order valence-corrected chi connectivity index (χ1v) is 14.3. The first kappa shape index (κ1) is 27.3. The number of thiocarbonyl (C=S) groups is 1. The van der Waals surface area contributed by atoms with E-state index >= 15 is 0 Å². The number of hydrogen-bond acceptors (Lipinski definition) is 3. The Morgan fingerprint density at radius 3 is 2.34 bits per heavy atom. The molecule has 2 aromatic carbocycles. The molecule has 0 bridgehead atoms. The Balaban J connectivity index is 1.44. The van der Waals surface area contributed by atoms with Crippen molar-refractivity contribution >= 4 is 23.0 Å². The number of aromatic nitrogens is 2. The second-order valence-electron chi connectivity index (χ2n) is 10.7. The minimum atomic E-state index is -4.48. The first-order chi connectivity index (χ1) is 19.7. The lowest BCUT2D eigenvalue weighted by Crippen LogP contribution is -2.29. The van der Waals surface area contributed by atoms with Crippen LogP contribution in [-0.2, 0) is 6.18 Å². The average molecular weight is 577 g/mol. The third kappa shape index (κ3) is 5.19. The molecule has 1 N–H and O–H groups in total. The standard InChI is InChI=1S/C32H31F3N4OS/c1-20-19-25(21(2)38(20)28-13-6-5-11-26(28)32(33,34)35)30-29(27-12-7-8-18-36-27)37-31(41)39(30)22-14-16-24(17-15-22)40-23-9-3-4-10-23/h5-8,11-19,23,29-30H,3-4,9-10H2,1-2H3,(H,37,41)/t29-,30+/m0/s1. The van der Waals surface area contributed by atoms with Crippen molar-refractivity contribution in [1.29, 1.82) is 0 Å². The summed E-state index contributed by atoms with van der Waals surface area (Å²) >= 11 is 5.87. The van der Waals surface area contributed by atoms with Crippen LogP contribution in [-0.4, -0.2) is 20.8 Å². The Morgan fingerprint density at radius 1 is 0.951 bits per heavy atom. The first-order valence-electron chi connectivity index (χ1n) is 13.8. The van der Waals surface area contributed by atoms with Crippen molar-refractivity contribution in [2.75, 3.05) is 4.90 Å². The van der Waals surface area contributed by atoms with E-state index in [0.717, 1.165) is 41.6 Å². The van der Waals surface area contributed by atoms with E-state index in [0.29, 0.717) is 16.5 Å². The maximum atomic E-state index is 14.0. The topological polar surface area (TPSA) is 42.3 Å². The van der Waals surface area contributed by atoms with Crippen LogP contribution in [0, 0.1) is 13.8 Å². The monoisotopic (exact) mass is 576 g/mol. The van der Waals surface area contributed by atoms with Crippen LogP contribution in [0.5, 0.6) is 5.75 Å². The number of ether oxygens (including phenoxy) is 1. The molecule has 9 heteroatoms. The van der Waals surface area contributed by atoms with Gasteiger partial charge >= 0.3 is 6.18 Å². The quantitative estimate of drug-likeness (QED) is 0.236. The van der Waals surface area contributed by atoms with Gasteiger partial charge in [0, 0.05) is 23.3 Å². The lowest BCUT2D eigenvalue weighted by Gasteiger charge is -2.28. The fourth-order valence-electron chi connectivity index (χ4n) is 6.20. The van der Waals surface area contributed by atoms with Crippen molar-refractivity contribution < 1.29 is 17.9 Å². The molecule has 5 nitrogen and oxygen atoms in total. The van der Waals surface area contributed by atoms with E-state index in [9.17, 15) is 13.2 Å². The number of nitrogens with one attached hydrogen (secondary N) is 1. The Hall–Kier alpha value is -3.85. The second-order valence-corrected chi connectivity index (χ2v) is 11.1. The van der Waals surface area contributed by atoms with Gasteiger partial charge in [-0.25, -0.2) is 0 Å². The minimum Gasteiger partial charge on any atom is -0.490 e. The molecule has 1 aliphatic heterocycles. The number of nitrogens with zero attached hydrogens (tertiary/aromatic N) is 3. The molecule has 0 spiro atoms. The van der Waals surface area contributed by atoms with E-state index in [1.165, 1.54) is 25.0 Å². The van der Waals surface area contributed by atoms with Crippen molar-refractivity contribution in [3.05, 3.63) is 107 Å². The lowest BCUT2D eigenvalue weighted by atomic mass is 9.96. The average Bonchev–Trinajstić information content (AvgIpc) is 3.67. The fourth-order valence-corrected chi connectivity index (χ4v) is 6.55. The number of hydrogen-bond donors (Lipinski definition) is 1. The van der Waals surface area contributed by atoms with Crippen LogP contribution in [0.25, 0.3) is 5.69 Å². The minimum absolute atomic E-state index is 0.101. The predicted molar refractivity (Wildman–Crippen MR) is 158 cm³/mol. The summed E-state index contributed by atoms with van der Waals surface area (Å²) in [4.78, 5) is 6.65. The normalized spacial score (nSPS) is 19.5. The Morgan fingerprint density at radius 2 is 1.66 bits per heavy atom. The summed E-state index contributed by atoms with van der Waals surface area (Å²) in [5.74, 6) is 0.818. The number of anilines is 1. The number of benzene rings is 2. The Kier molecular flexibility index (Phi) is 7.23. The fraction of sp³-hybridized carbons (Fsp3) is 0.312. The van der Waals surface area contributed by atoms with Crippen LogP contribution in [0.1, 0.15) is 66.0 Å². The van der Waals surface area contributed by atoms with Gasteiger partial charge in [-0.1, -0.05) is 18.2 Å². The maximum Gasteiger partial charge on any atom is 0.418 e. The van der Waals surface area contributed by atoms with Gasteiger partial charge in [0.2, 0.25) is 0 Å². The molecule has 1 saturated heterocycles. The van der Waals surface area contributed by atoms with Gasteiger partial charge in [-0.2, -0.15) is 13.2 Å². The summed E-state index contributed by atoms with van der Waals surface area (Å²) in [5, 5.41) is 3.97.